The summed E-state index contributed by atoms with van der Waals surface area (Å²) in [5.74, 6) is -8.04. The Morgan fingerprint density at radius 2 is 1.40 bits per heavy atom. The average Bonchev–Trinajstić information content (AvgIpc) is 3.81. The molecule has 308 valence electrons. The minimum absolute atomic E-state index is 0.0104. The van der Waals surface area contributed by atoms with Gasteiger partial charge in [-0.2, -0.15) is 0 Å². The standard InChI is InChI=1S/C33H54N10O12/c1-15(2)10-21(28(49)38-20(7-8-24(35)47)32(53)43-9-5-6-23(43)33(54)55)39-30(51)26(17(4)46)42-29(50)22(13-44)40-31(52)25(16(3)45)41-27(48)19(34)11-18-12-36-14-37-18/h12,14-17,19-23,25-26,44-46H,5-11,13,34H2,1-4H3,(H2,35,47)(H,36,37)(H,38,49)(H,39,51)(H,40,52)(H,41,48)(H,42,50)(H,54,55)/t16-,17-,19+,20+,21+,22+,23+,25+,26+/m1/s1. The summed E-state index contributed by atoms with van der Waals surface area (Å²) in [6.07, 6.45) is -0.262. The van der Waals surface area contributed by atoms with Gasteiger partial charge in [0.1, 0.15) is 36.3 Å². The van der Waals surface area contributed by atoms with Crippen LogP contribution in [0.4, 0.5) is 0 Å². The van der Waals surface area contributed by atoms with Crippen molar-refractivity contribution in [2.75, 3.05) is 13.2 Å². The van der Waals surface area contributed by atoms with Gasteiger partial charge in [-0.1, -0.05) is 13.8 Å². The predicted octanol–water partition coefficient (Wildman–Crippen LogP) is -5.16. The zero-order valence-corrected chi connectivity index (χ0v) is 31.2. The number of likely N-dealkylation sites (tertiary alicyclic amines) is 1. The number of hydrogen-bond acceptors (Lipinski definition) is 13. The monoisotopic (exact) mass is 782 g/mol. The third-order valence-electron chi connectivity index (χ3n) is 8.73. The molecule has 0 spiro atoms. The second-order valence-corrected chi connectivity index (χ2v) is 13.9. The van der Waals surface area contributed by atoms with Crippen LogP contribution in [0.3, 0.4) is 0 Å². The van der Waals surface area contributed by atoms with Crippen molar-refractivity contribution in [3.05, 3.63) is 18.2 Å². The van der Waals surface area contributed by atoms with Crippen LogP contribution < -0.4 is 38.1 Å². The van der Waals surface area contributed by atoms with Crippen molar-refractivity contribution in [3.63, 3.8) is 0 Å². The molecule has 22 heteroatoms. The average molecular weight is 783 g/mol. The van der Waals surface area contributed by atoms with E-state index in [-0.39, 0.29) is 44.6 Å². The first-order valence-corrected chi connectivity index (χ1v) is 17.8. The molecule has 9 atom stereocenters. The number of aliphatic carboxylic acids is 1. The number of aromatic nitrogens is 2. The fourth-order valence-electron chi connectivity index (χ4n) is 5.77. The smallest absolute Gasteiger partial charge is 0.326 e. The van der Waals surface area contributed by atoms with Crippen LogP contribution in [-0.2, 0) is 44.8 Å². The van der Waals surface area contributed by atoms with E-state index in [0.29, 0.717) is 12.1 Å². The summed E-state index contributed by atoms with van der Waals surface area (Å²) in [6, 6.07) is -10.2. The largest absolute Gasteiger partial charge is 0.480 e. The molecule has 1 fully saturated rings. The van der Waals surface area contributed by atoms with Gasteiger partial charge in [0.25, 0.3) is 0 Å². The lowest BCUT2D eigenvalue weighted by atomic mass is 10.0. The number of aromatic amines is 1. The number of nitrogens with one attached hydrogen (secondary N) is 6. The highest BCUT2D eigenvalue weighted by Gasteiger charge is 2.39. The maximum Gasteiger partial charge on any atom is 0.326 e. The molecule has 1 aliphatic heterocycles. The molecule has 0 bridgehead atoms. The third kappa shape index (κ3) is 14.2. The van der Waals surface area contributed by atoms with E-state index in [4.69, 9.17) is 11.5 Å². The van der Waals surface area contributed by atoms with Gasteiger partial charge in [-0.05, 0) is 45.4 Å². The van der Waals surface area contributed by atoms with E-state index >= 15 is 0 Å². The van der Waals surface area contributed by atoms with Crippen molar-refractivity contribution in [1.82, 2.24) is 41.5 Å². The van der Waals surface area contributed by atoms with Gasteiger partial charge >= 0.3 is 5.97 Å². The number of aliphatic hydroxyl groups excluding tert-OH is 3. The van der Waals surface area contributed by atoms with Crippen molar-refractivity contribution in [3.8, 4) is 0 Å². The number of hydrogen-bond donors (Lipinski definition) is 12. The number of carbonyl (C=O) groups excluding carboxylic acids is 7. The van der Waals surface area contributed by atoms with E-state index in [9.17, 15) is 58.8 Å². The molecule has 0 radical (unpaired) electrons. The van der Waals surface area contributed by atoms with Crippen LogP contribution in [0.1, 0.15) is 65.5 Å². The Balaban J connectivity index is 2.18. The van der Waals surface area contributed by atoms with E-state index < -0.39 is 108 Å². The molecule has 0 aromatic carbocycles. The second kappa shape index (κ2) is 21.6. The molecule has 0 aliphatic carbocycles. The zero-order valence-electron chi connectivity index (χ0n) is 31.2. The quantitative estimate of drug-likeness (QED) is 0.0524. The van der Waals surface area contributed by atoms with Crippen molar-refractivity contribution >= 4 is 47.3 Å². The number of imidazole rings is 1. The van der Waals surface area contributed by atoms with Gasteiger partial charge in [-0.25, -0.2) is 9.78 Å². The first-order valence-electron chi connectivity index (χ1n) is 17.8. The number of carboxylic acids is 1. The lowest BCUT2D eigenvalue weighted by Crippen LogP contribution is -2.63. The molecular weight excluding hydrogens is 728 g/mol. The molecule has 1 saturated heterocycles. The summed E-state index contributed by atoms with van der Waals surface area (Å²) in [7, 11) is 0. The molecule has 2 heterocycles. The Morgan fingerprint density at radius 3 is 1.89 bits per heavy atom. The Morgan fingerprint density at radius 1 is 0.855 bits per heavy atom. The van der Waals surface area contributed by atoms with E-state index in [2.05, 4.69) is 36.6 Å². The van der Waals surface area contributed by atoms with Gasteiger partial charge in [0.05, 0.1) is 31.2 Å². The Labute approximate surface area is 316 Å². The number of nitrogens with zero attached hydrogens (tertiary/aromatic N) is 2. The Hall–Kier alpha value is -5.19. The molecule has 55 heavy (non-hydrogen) atoms. The van der Waals surface area contributed by atoms with E-state index in [0.717, 1.165) is 11.8 Å². The van der Waals surface area contributed by atoms with Crippen LogP contribution in [0.25, 0.3) is 0 Å². The molecule has 0 unspecified atom stereocenters. The van der Waals surface area contributed by atoms with E-state index in [1.807, 2.05) is 0 Å². The van der Waals surface area contributed by atoms with Crippen molar-refractivity contribution in [1.29, 1.82) is 0 Å². The van der Waals surface area contributed by atoms with Crippen molar-refractivity contribution < 1.29 is 58.8 Å². The van der Waals surface area contributed by atoms with Crippen LogP contribution in [0, 0.1) is 5.92 Å². The minimum Gasteiger partial charge on any atom is -0.480 e. The molecule has 7 amide bonds. The van der Waals surface area contributed by atoms with Gasteiger partial charge < -0.3 is 68.4 Å². The second-order valence-electron chi connectivity index (χ2n) is 13.9. The van der Waals surface area contributed by atoms with Gasteiger partial charge in [0, 0.05) is 31.3 Å². The molecule has 22 nitrogen and oxygen atoms in total. The van der Waals surface area contributed by atoms with Crippen molar-refractivity contribution in [2.24, 2.45) is 17.4 Å². The molecule has 1 aliphatic rings. The summed E-state index contributed by atoms with van der Waals surface area (Å²) < 4.78 is 0. The maximum atomic E-state index is 13.6. The highest BCUT2D eigenvalue weighted by Crippen LogP contribution is 2.20. The number of nitrogens with two attached hydrogens (primary N) is 2. The Bertz CT molecular complexity index is 1510. The summed E-state index contributed by atoms with van der Waals surface area (Å²) in [4.78, 5) is 110. The van der Waals surface area contributed by atoms with Gasteiger partial charge in [0.15, 0.2) is 0 Å². The molecule has 14 N–H and O–H groups in total. The lowest BCUT2D eigenvalue weighted by molar-refractivity contribution is -0.149. The summed E-state index contributed by atoms with van der Waals surface area (Å²) >= 11 is 0. The zero-order chi connectivity index (χ0) is 41.6. The fourth-order valence-corrected chi connectivity index (χ4v) is 5.77. The molecule has 1 aromatic heterocycles. The molecule has 2 rings (SSSR count). The highest BCUT2D eigenvalue weighted by molar-refractivity contribution is 5.97. The highest BCUT2D eigenvalue weighted by atomic mass is 16.4. The van der Waals surface area contributed by atoms with Crippen LogP contribution in [0.2, 0.25) is 0 Å². The summed E-state index contributed by atoms with van der Waals surface area (Å²) in [5, 5.41) is 51.8. The Kier molecular flexibility index (Phi) is 18.1. The number of amides is 7. The SMILES string of the molecule is CC(C)C[C@H](NC(=O)[C@@H](NC(=O)[C@H](CO)NC(=O)[C@@H](NC(=O)[C@@H](N)Cc1cnc[nH]1)[C@@H](C)O)[C@@H](C)O)C(=O)N[C@@H](CCC(N)=O)C(=O)N1CCC[C@H]1C(=O)O. The van der Waals surface area contributed by atoms with E-state index in [1.54, 1.807) is 13.8 Å². The number of carboxylic acid groups (broad SMARTS) is 1. The predicted molar refractivity (Wildman–Crippen MR) is 191 cm³/mol. The first-order chi connectivity index (χ1) is 25.8. The van der Waals surface area contributed by atoms with Crippen molar-refractivity contribution in [2.45, 2.75) is 121 Å². The fraction of sp³-hybridized carbons (Fsp3) is 0.667. The third-order valence-corrected chi connectivity index (χ3v) is 8.73. The van der Waals surface area contributed by atoms with Gasteiger partial charge in [0.2, 0.25) is 41.4 Å². The maximum absolute atomic E-state index is 13.6. The lowest BCUT2D eigenvalue weighted by Gasteiger charge is -2.30. The summed E-state index contributed by atoms with van der Waals surface area (Å²) in [6.45, 7) is 4.86. The molecule has 0 saturated carbocycles. The molecule has 1 aromatic rings. The summed E-state index contributed by atoms with van der Waals surface area (Å²) in [5.41, 5.74) is 11.7. The van der Waals surface area contributed by atoms with Crippen LogP contribution in [0.5, 0.6) is 0 Å². The van der Waals surface area contributed by atoms with E-state index in [1.165, 1.54) is 19.4 Å². The van der Waals surface area contributed by atoms with Crippen LogP contribution >= 0.6 is 0 Å². The van der Waals surface area contributed by atoms with Gasteiger partial charge in [-0.15, -0.1) is 0 Å². The number of carbonyl (C=O) groups is 8. The normalized spacial score (nSPS) is 18.4. The van der Waals surface area contributed by atoms with Crippen LogP contribution in [0.15, 0.2) is 12.5 Å². The van der Waals surface area contributed by atoms with Gasteiger partial charge in [-0.3, -0.25) is 33.6 Å². The number of rotatable bonds is 22. The molecular formula is C33H54N10O12. The minimum atomic E-state index is -1.76. The number of aliphatic hydroxyl groups is 3. The number of H-pyrrole nitrogens is 1. The van der Waals surface area contributed by atoms with Crippen LogP contribution in [-0.4, -0.2) is 150 Å². The first kappa shape index (κ1) is 46.0. The number of primary amides is 1. The topological polar surface area (TPSA) is 362 Å².